The summed E-state index contributed by atoms with van der Waals surface area (Å²) < 4.78 is 0. The van der Waals surface area contributed by atoms with Crippen LogP contribution >= 0.6 is 0 Å². The monoisotopic (exact) mass is 207 g/mol. The molecule has 0 aliphatic heterocycles. The van der Waals surface area contributed by atoms with Crippen LogP contribution in [-0.4, -0.2) is 16.6 Å². The predicted octanol–water partition coefficient (Wildman–Crippen LogP) is 1.38. The number of aryl methyl sites for hydroxylation is 1. The van der Waals surface area contributed by atoms with E-state index in [0.29, 0.717) is 6.54 Å². The van der Waals surface area contributed by atoms with Gasteiger partial charge in [-0.2, -0.15) is 0 Å². The van der Waals surface area contributed by atoms with Gasteiger partial charge in [-0.25, -0.2) is 0 Å². The van der Waals surface area contributed by atoms with Crippen molar-refractivity contribution in [2.24, 2.45) is 0 Å². The maximum atomic E-state index is 11.3. The van der Waals surface area contributed by atoms with Crippen LogP contribution in [-0.2, 0) is 11.3 Å². The first kappa shape index (κ1) is 11.7. The van der Waals surface area contributed by atoms with Gasteiger partial charge in [0, 0.05) is 6.54 Å². The smallest absolute Gasteiger partial charge is 0.251 e. The van der Waals surface area contributed by atoms with Gasteiger partial charge in [0.05, 0.1) is 0 Å². The van der Waals surface area contributed by atoms with Gasteiger partial charge in [0.25, 0.3) is 5.91 Å². The number of hydrogen-bond donors (Lipinski definition) is 2. The summed E-state index contributed by atoms with van der Waals surface area (Å²) in [6, 6.07) is 7.90. The Morgan fingerprint density at radius 3 is 2.33 bits per heavy atom. The molecule has 0 saturated heterocycles. The lowest BCUT2D eigenvalue weighted by molar-refractivity contribution is -0.136. The highest BCUT2D eigenvalue weighted by Gasteiger charge is 2.22. The first-order chi connectivity index (χ1) is 6.89. The zero-order valence-corrected chi connectivity index (χ0v) is 9.37. The fourth-order valence-electron chi connectivity index (χ4n) is 1.10. The van der Waals surface area contributed by atoms with Crippen LogP contribution in [0.2, 0.25) is 0 Å². The third-order valence-electron chi connectivity index (χ3n) is 2.13. The van der Waals surface area contributed by atoms with Crippen LogP contribution in [0, 0.1) is 6.92 Å². The van der Waals surface area contributed by atoms with Crippen molar-refractivity contribution in [1.29, 1.82) is 0 Å². The van der Waals surface area contributed by atoms with E-state index in [9.17, 15) is 9.90 Å². The lowest BCUT2D eigenvalue weighted by atomic mass is 10.1. The molecular weight excluding hydrogens is 190 g/mol. The van der Waals surface area contributed by atoms with E-state index in [4.69, 9.17) is 0 Å². The predicted molar refractivity (Wildman–Crippen MR) is 59.3 cm³/mol. The van der Waals surface area contributed by atoms with Gasteiger partial charge >= 0.3 is 0 Å². The van der Waals surface area contributed by atoms with Gasteiger partial charge < -0.3 is 10.4 Å². The SMILES string of the molecule is Cc1ccc(CNC(=O)C(C)(C)O)cc1. The van der Waals surface area contributed by atoms with E-state index in [1.165, 1.54) is 19.4 Å². The van der Waals surface area contributed by atoms with Gasteiger partial charge in [0.1, 0.15) is 5.60 Å². The van der Waals surface area contributed by atoms with E-state index in [1.54, 1.807) is 0 Å². The quantitative estimate of drug-likeness (QED) is 0.786. The van der Waals surface area contributed by atoms with E-state index in [1.807, 2.05) is 31.2 Å². The summed E-state index contributed by atoms with van der Waals surface area (Å²) in [6.07, 6.45) is 0. The second-order valence-electron chi connectivity index (χ2n) is 4.23. The summed E-state index contributed by atoms with van der Waals surface area (Å²) in [5, 5.41) is 12.1. The molecular formula is C12H17NO2. The van der Waals surface area contributed by atoms with E-state index < -0.39 is 5.60 Å². The van der Waals surface area contributed by atoms with Gasteiger partial charge in [0.15, 0.2) is 0 Å². The van der Waals surface area contributed by atoms with Crippen molar-refractivity contribution in [2.45, 2.75) is 32.9 Å². The van der Waals surface area contributed by atoms with Crippen molar-refractivity contribution in [3.05, 3.63) is 35.4 Å². The maximum absolute atomic E-state index is 11.3. The fourth-order valence-corrected chi connectivity index (χ4v) is 1.10. The third kappa shape index (κ3) is 3.72. The van der Waals surface area contributed by atoms with Crippen LogP contribution in [0.4, 0.5) is 0 Å². The minimum Gasteiger partial charge on any atom is -0.381 e. The highest BCUT2D eigenvalue weighted by atomic mass is 16.3. The largest absolute Gasteiger partial charge is 0.381 e. The maximum Gasteiger partial charge on any atom is 0.251 e. The number of amides is 1. The Bertz CT molecular complexity index is 336. The molecule has 0 fully saturated rings. The molecule has 0 radical (unpaired) electrons. The first-order valence-electron chi connectivity index (χ1n) is 4.96. The Kier molecular flexibility index (Phi) is 3.48. The van der Waals surface area contributed by atoms with Gasteiger partial charge in [-0.05, 0) is 26.3 Å². The van der Waals surface area contributed by atoms with Crippen LogP contribution in [0.25, 0.3) is 0 Å². The molecule has 3 heteroatoms. The summed E-state index contributed by atoms with van der Waals surface area (Å²) in [6.45, 7) is 5.40. The molecule has 0 aromatic heterocycles. The van der Waals surface area contributed by atoms with Crippen LogP contribution in [0.3, 0.4) is 0 Å². The van der Waals surface area contributed by atoms with Crippen molar-refractivity contribution in [2.75, 3.05) is 0 Å². The molecule has 0 atom stereocenters. The lowest BCUT2D eigenvalue weighted by Gasteiger charge is -2.16. The number of hydrogen-bond acceptors (Lipinski definition) is 2. The topological polar surface area (TPSA) is 49.3 Å². The molecule has 1 rings (SSSR count). The Labute approximate surface area is 90.1 Å². The average molecular weight is 207 g/mol. The Morgan fingerprint density at radius 2 is 1.87 bits per heavy atom. The van der Waals surface area contributed by atoms with E-state index >= 15 is 0 Å². The molecule has 1 amide bonds. The number of benzene rings is 1. The summed E-state index contributed by atoms with van der Waals surface area (Å²) in [5.41, 5.74) is 0.899. The molecule has 0 aliphatic carbocycles. The van der Waals surface area contributed by atoms with Crippen LogP contribution in [0.1, 0.15) is 25.0 Å². The van der Waals surface area contributed by atoms with Crippen molar-refractivity contribution in [1.82, 2.24) is 5.32 Å². The molecule has 15 heavy (non-hydrogen) atoms. The molecule has 0 heterocycles. The highest BCUT2D eigenvalue weighted by molar-refractivity contribution is 5.83. The van der Waals surface area contributed by atoms with E-state index in [2.05, 4.69) is 5.32 Å². The summed E-state index contributed by atoms with van der Waals surface area (Å²) >= 11 is 0. The number of aliphatic hydroxyl groups is 1. The summed E-state index contributed by atoms with van der Waals surface area (Å²) in [7, 11) is 0. The Morgan fingerprint density at radius 1 is 1.33 bits per heavy atom. The molecule has 0 bridgehead atoms. The lowest BCUT2D eigenvalue weighted by Crippen LogP contribution is -2.41. The Balaban J connectivity index is 2.51. The van der Waals surface area contributed by atoms with Gasteiger partial charge in [0.2, 0.25) is 0 Å². The van der Waals surface area contributed by atoms with Gasteiger partial charge in [-0.3, -0.25) is 4.79 Å². The molecule has 0 unspecified atom stereocenters. The first-order valence-corrected chi connectivity index (χ1v) is 4.96. The van der Waals surface area contributed by atoms with Crippen LogP contribution < -0.4 is 5.32 Å². The normalized spacial score (nSPS) is 11.2. The molecule has 0 spiro atoms. The molecule has 0 aliphatic rings. The summed E-state index contributed by atoms with van der Waals surface area (Å²) in [5.74, 6) is -0.358. The van der Waals surface area contributed by atoms with Gasteiger partial charge in [-0.1, -0.05) is 29.8 Å². The standard InChI is InChI=1S/C12H17NO2/c1-9-4-6-10(7-5-9)8-13-11(14)12(2,3)15/h4-7,15H,8H2,1-3H3,(H,13,14). The second-order valence-corrected chi connectivity index (χ2v) is 4.23. The zero-order valence-electron chi connectivity index (χ0n) is 9.37. The third-order valence-corrected chi connectivity index (χ3v) is 2.13. The number of rotatable bonds is 3. The molecule has 0 saturated carbocycles. The van der Waals surface area contributed by atoms with Crippen LogP contribution in [0.5, 0.6) is 0 Å². The summed E-state index contributed by atoms with van der Waals surface area (Å²) in [4.78, 5) is 11.3. The van der Waals surface area contributed by atoms with Crippen molar-refractivity contribution < 1.29 is 9.90 Å². The molecule has 2 N–H and O–H groups in total. The highest BCUT2D eigenvalue weighted by Crippen LogP contribution is 2.04. The minimum absolute atomic E-state index is 0.358. The van der Waals surface area contributed by atoms with Gasteiger partial charge in [-0.15, -0.1) is 0 Å². The fraction of sp³-hybridized carbons (Fsp3) is 0.417. The second kappa shape index (κ2) is 4.45. The van der Waals surface area contributed by atoms with Crippen molar-refractivity contribution in [3.63, 3.8) is 0 Å². The van der Waals surface area contributed by atoms with E-state index in [-0.39, 0.29) is 5.91 Å². The van der Waals surface area contributed by atoms with Crippen LogP contribution in [0.15, 0.2) is 24.3 Å². The minimum atomic E-state index is -1.31. The van der Waals surface area contributed by atoms with Crippen molar-refractivity contribution >= 4 is 5.91 Å². The Hall–Kier alpha value is -1.35. The van der Waals surface area contributed by atoms with Crippen molar-refractivity contribution in [3.8, 4) is 0 Å². The number of carbonyl (C=O) groups excluding carboxylic acids is 1. The molecule has 82 valence electrons. The average Bonchev–Trinajstić information content (AvgIpc) is 2.15. The molecule has 3 nitrogen and oxygen atoms in total. The zero-order chi connectivity index (χ0) is 11.5. The number of carbonyl (C=O) groups is 1. The molecule has 1 aromatic rings. The van der Waals surface area contributed by atoms with E-state index in [0.717, 1.165) is 5.56 Å². The molecule has 1 aromatic carbocycles. The number of nitrogens with one attached hydrogen (secondary N) is 1.